The largest absolute Gasteiger partial charge is 0.348 e. The van der Waals surface area contributed by atoms with Crippen LogP contribution in [0.2, 0.25) is 0 Å². The molecule has 0 aliphatic carbocycles. The van der Waals surface area contributed by atoms with E-state index in [0.29, 0.717) is 17.2 Å². The maximum atomic E-state index is 13.8. The lowest BCUT2D eigenvalue weighted by Crippen LogP contribution is -2.40. The van der Waals surface area contributed by atoms with Gasteiger partial charge in [-0.15, -0.1) is 0 Å². The zero-order valence-electron chi connectivity index (χ0n) is 14.2. The number of nitrogens with one attached hydrogen (secondary N) is 1. The monoisotopic (exact) mass is 375 g/mol. The van der Waals surface area contributed by atoms with Crippen molar-refractivity contribution in [2.24, 2.45) is 5.92 Å². The molecule has 4 rings (SSSR count). The summed E-state index contributed by atoms with van der Waals surface area (Å²) in [5, 5.41) is 7.36. The van der Waals surface area contributed by atoms with Crippen molar-refractivity contribution in [1.82, 2.24) is 20.4 Å². The number of carbonyl (C=O) groups excluding carboxylic acids is 1. The van der Waals surface area contributed by atoms with E-state index in [4.69, 9.17) is 4.52 Å². The molecule has 1 aliphatic rings. The molecule has 0 spiro atoms. The summed E-state index contributed by atoms with van der Waals surface area (Å²) < 4.78 is 19.7. The summed E-state index contributed by atoms with van der Waals surface area (Å²) >= 11 is 1.48. The van der Waals surface area contributed by atoms with Gasteiger partial charge in [0, 0.05) is 19.0 Å². The van der Waals surface area contributed by atoms with Crippen LogP contribution >= 0.6 is 11.3 Å². The van der Waals surface area contributed by atoms with Crippen molar-refractivity contribution < 1.29 is 13.7 Å². The second-order valence-electron chi connectivity index (χ2n) is 6.30. The zero-order valence-corrected chi connectivity index (χ0v) is 15.1. The molecule has 0 bridgehead atoms. The number of aromatic nitrogens is 3. The quantitative estimate of drug-likeness (QED) is 0.755. The number of aryl methyl sites for hydroxylation is 1. The third-order valence-corrected chi connectivity index (χ3v) is 5.56. The van der Waals surface area contributed by atoms with Gasteiger partial charge in [0.1, 0.15) is 11.3 Å². The van der Waals surface area contributed by atoms with Gasteiger partial charge in [-0.1, -0.05) is 22.6 Å². The highest BCUT2D eigenvalue weighted by molar-refractivity contribution is 7.22. The zero-order chi connectivity index (χ0) is 18.1. The number of thiazole rings is 1. The first kappa shape index (κ1) is 16.9. The maximum absolute atomic E-state index is 13.8. The van der Waals surface area contributed by atoms with E-state index >= 15 is 0 Å². The van der Waals surface area contributed by atoms with E-state index in [1.807, 2.05) is 6.07 Å². The third kappa shape index (κ3) is 3.39. The number of hydrogen-bond acceptors (Lipinski definition) is 7. The van der Waals surface area contributed by atoms with Crippen LogP contribution in [0.3, 0.4) is 0 Å². The Labute approximate surface area is 153 Å². The third-order valence-electron chi connectivity index (χ3n) is 4.48. The normalized spacial score (nSPS) is 15.5. The SMILES string of the molecule is Cc1noc(CNC(=O)C2CCN(c3nc4c(F)cccc4s3)CC2)n1. The van der Waals surface area contributed by atoms with Crippen molar-refractivity contribution in [2.45, 2.75) is 26.3 Å². The summed E-state index contributed by atoms with van der Waals surface area (Å²) in [6, 6.07) is 4.99. The Kier molecular flexibility index (Phi) is 4.54. The van der Waals surface area contributed by atoms with Gasteiger partial charge in [0.05, 0.1) is 11.2 Å². The molecule has 3 heterocycles. The highest BCUT2D eigenvalue weighted by atomic mass is 32.1. The molecule has 0 saturated carbocycles. The van der Waals surface area contributed by atoms with Crippen molar-refractivity contribution >= 4 is 32.6 Å². The van der Waals surface area contributed by atoms with E-state index in [9.17, 15) is 9.18 Å². The van der Waals surface area contributed by atoms with Crippen molar-refractivity contribution in [3.63, 3.8) is 0 Å². The fourth-order valence-electron chi connectivity index (χ4n) is 3.09. The van der Waals surface area contributed by atoms with Crippen LogP contribution in [0.4, 0.5) is 9.52 Å². The van der Waals surface area contributed by atoms with Crippen LogP contribution < -0.4 is 10.2 Å². The summed E-state index contributed by atoms with van der Waals surface area (Å²) in [5.41, 5.74) is 0.419. The number of hydrogen-bond donors (Lipinski definition) is 1. The van der Waals surface area contributed by atoms with Crippen molar-refractivity contribution in [3.05, 3.63) is 35.7 Å². The second kappa shape index (κ2) is 6.99. The van der Waals surface area contributed by atoms with Gasteiger partial charge in [-0.2, -0.15) is 4.98 Å². The average molecular weight is 375 g/mol. The summed E-state index contributed by atoms with van der Waals surface area (Å²) in [7, 11) is 0. The van der Waals surface area contributed by atoms with E-state index < -0.39 is 0 Å². The van der Waals surface area contributed by atoms with Gasteiger partial charge in [-0.05, 0) is 31.9 Å². The number of fused-ring (bicyclic) bond motifs is 1. The molecule has 0 radical (unpaired) electrons. The number of benzene rings is 1. The fraction of sp³-hybridized carbons (Fsp3) is 0.412. The molecule has 1 saturated heterocycles. The molecule has 9 heteroatoms. The Morgan fingerprint density at radius 2 is 2.19 bits per heavy atom. The van der Waals surface area contributed by atoms with Gasteiger partial charge in [-0.25, -0.2) is 9.37 Å². The Morgan fingerprint density at radius 1 is 1.38 bits per heavy atom. The molecular weight excluding hydrogens is 357 g/mol. The van der Waals surface area contributed by atoms with Crippen LogP contribution in [-0.4, -0.2) is 34.1 Å². The maximum Gasteiger partial charge on any atom is 0.246 e. The number of anilines is 1. The topological polar surface area (TPSA) is 84.2 Å². The molecule has 1 fully saturated rings. The Hall–Kier alpha value is -2.55. The van der Waals surface area contributed by atoms with Crippen LogP contribution in [0.5, 0.6) is 0 Å². The first-order valence-electron chi connectivity index (χ1n) is 8.47. The highest BCUT2D eigenvalue weighted by Gasteiger charge is 2.26. The van der Waals surface area contributed by atoms with Gasteiger partial charge in [0.15, 0.2) is 11.0 Å². The molecule has 0 unspecified atom stereocenters. The summed E-state index contributed by atoms with van der Waals surface area (Å²) in [6.45, 7) is 3.42. The van der Waals surface area contributed by atoms with E-state index in [1.54, 1.807) is 13.0 Å². The number of piperidine rings is 1. The first-order valence-corrected chi connectivity index (χ1v) is 9.28. The van der Waals surface area contributed by atoms with E-state index in [1.165, 1.54) is 17.4 Å². The molecule has 1 aromatic carbocycles. The number of carbonyl (C=O) groups is 1. The molecule has 26 heavy (non-hydrogen) atoms. The molecule has 2 aromatic heterocycles. The number of para-hydroxylation sites is 1. The lowest BCUT2D eigenvalue weighted by Gasteiger charge is -2.30. The average Bonchev–Trinajstić information content (AvgIpc) is 3.27. The Morgan fingerprint density at radius 3 is 2.88 bits per heavy atom. The molecular formula is C17H18FN5O2S. The minimum absolute atomic E-state index is 0.00385. The standard InChI is InChI=1S/C17H18FN5O2S/c1-10-20-14(25-22-10)9-19-16(24)11-5-7-23(8-6-11)17-21-15-12(18)3-2-4-13(15)26-17/h2-4,11H,5-9H2,1H3,(H,19,24). The van der Waals surface area contributed by atoms with Gasteiger partial charge in [-0.3, -0.25) is 4.79 Å². The predicted molar refractivity (Wildman–Crippen MR) is 95.4 cm³/mol. The van der Waals surface area contributed by atoms with Crippen molar-refractivity contribution in [2.75, 3.05) is 18.0 Å². The molecule has 1 amide bonds. The number of amides is 1. The lowest BCUT2D eigenvalue weighted by atomic mass is 9.96. The molecule has 0 atom stereocenters. The molecule has 1 aliphatic heterocycles. The smallest absolute Gasteiger partial charge is 0.246 e. The molecule has 3 aromatic rings. The molecule has 136 valence electrons. The Bertz CT molecular complexity index is 932. The van der Waals surface area contributed by atoms with Gasteiger partial charge < -0.3 is 14.7 Å². The fourth-order valence-corrected chi connectivity index (χ4v) is 4.12. The van der Waals surface area contributed by atoms with E-state index in [-0.39, 0.29) is 24.2 Å². The Balaban J connectivity index is 1.34. The van der Waals surface area contributed by atoms with Crippen LogP contribution in [0.1, 0.15) is 24.6 Å². The highest BCUT2D eigenvalue weighted by Crippen LogP contribution is 2.32. The van der Waals surface area contributed by atoms with Gasteiger partial charge >= 0.3 is 0 Å². The molecule has 1 N–H and O–H groups in total. The van der Waals surface area contributed by atoms with Gasteiger partial charge in [0.25, 0.3) is 0 Å². The van der Waals surface area contributed by atoms with Crippen molar-refractivity contribution in [3.8, 4) is 0 Å². The minimum atomic E-state index is -0.296. The van der Waals surface area contributed by atoms with Gasteiger partial charge in [0.2, 0.25) is 11.8 Å². The summed E-state index contributed by atoms with van der Waals surface area (Å²) in [5.74, 6) is 0.604. The number of rotatable bonds is 4. The van der Waals surface area contributed by atoms with Crippen molar-refractivity contribution in [1.29, 1.82) is 0 Å². The second-order valence-corrected chi connectivity index (χ2v) is 7.31. The van der Waals surface area contributed by atoms with Crippen LogP contribution in [0, 0.1) is 18.7 Å². The number of halogens is 1. The van der Waals surface area contributed by atoms with E-state index in [2.05, 4.69) is 25.3 Å². The summed E-state index contributed by atoms with van der Waals surface area (Å²) in [6.07, 6.45) is 1.46. The first-order chi connectivity index (χ1) is 12.6. The predicted octanol–water partition coefficient (Wildman–Crippen LogP) is 2.66. The van der Waals surface area contributed by atoms with Crippen LogP contribution in [-0.2, 0) is 11.3 Å². The summed E-state index contributed by atoms with van der Waals surface area (Å²) in [4.78, 5) is 22.9. The number of nitrogens with zero attached hydrogens (tertiary/aromatic N) is 4. The minimum Gasteiger partial charge on any atom is -0.348 e. The van der Waals surface area contributed by atoms with E-state index in [0.717, 1.165) is 35.8 Å². The van der Waals surface area contributed by atoms with Crippen LogP contribution in [0.25, 0.3) is 10.2 Å². The molecule has 7 nitrogen and oxygen atoms in total. The van der Waals surface area contributed by atoms with Crippen LogP contribution in [0.15, 0.2) is 22.7 Å². The lowest BCUT2D eigenvalue weighted by molar-refractivity contribution is -0.125.